The van der Waals surface area contributed by atoms with Crippen LogP contribution in [0, 0.1) is 0 Å². The van der Waals surface area contributed by atoms with Gasteiger partial charge in [-0.3, -0.25) is 0 Å². The van der Waals surface area contributed by atoms with Crippen LogP contribution in [0.4, 0.5) is 4.39 Å². The molecule has 0 unspecified atom stereocenters. The van der Waals surface area contributed by atoms with Crippen molar-refractivity contribution < 1.29 is 4.39 Å². The van der Waals surface area contributed by atoms with Crippen LogP contribution in [0.2, 0.25) is 0 Å². The van der Waals surface area contributed by atoms with E-state index < -0.39 is 0 Å². The van der Waals surface area contributed by atoms with Crippen molar-refractivity contribution in [1.82, 2.24) is 0 Å². The van der Waals surface area contributed by atoms with E-state index in [-0.39, 0.29) is 5.83 Å². The number of halogens is 1. The Hall–Kier alpha value is -0.850. The molecular weight excluding hydrogens is 127 g/mol. The molecule has 0 aliphatic rings. The van der Waals surface area contributed by atoms with E-state index in [1.165, 1.54) is 6.08 Å². The molecular formula is C9H13F. The summed E-state index contributed by atoms with van der Waals surface area (Å²) < 4.78 is 12.7. The van der Waals surface area contributed by atoms with Gasteiger partial charge in [-0.1, -0.05) is 19.6 Å². The molecule has 0 radical (unpaired) electrons. The number of rotatable bonds is 4. The van der Waals surface area contributed by atoms with Crippen LogP contribution in [-0.2, 0) is 0 Å². The van der Waals surface area contributed by atoms with E-state index in [4.69, 9.17) is 0 Å². The van der Waals surface area contributed by atoms with Crippen LogP contribution in [-0.4, -0.2) is 0 Å². The van der Waals surface area contributed by atoms with E-state index in [2.05, 4.69) is 13.2 Å². The van der Waals surface area contributed by atoms with E-state index in [1.54, 1.807) is 6.08 Å². The molecule has 0 nitrogen and oxygen atoms in total. The van der Waals surface area contributed by atoms with Crippen molar-refractivity contribution in [2.45, 2.75) is 19.8 Å². The zero-order valence-corrected chi connectivity index (χ0v) is 6.36. The molecule has 0 fully saturated rings. The van der Waals surface area contributed by atoms with Crippen LogP contribution >= 0.6 is 0 Å². The summed E-state index contributed by atoms with van der Waals surface area (Å²) in [5.74, 6) is -0.206. The molecule has 0 saturated heterocycles. The van der Waals surface area contributed by atoms with Crippen molar-refractivity contribution in [3.05, 3.63) is 36.7 Å². The molecule has 0 aromatic carbocycles. The first-order chi connectivity index (χ1) is 4.72. The van der Waals surface area contributed by atoms with Crippen LogP contribution in [0.5, 0.6) is 0 Å². The molecule has 0 atom stereocenters. The minimum absolute atomic E-state index is 0.206. The van der Waals surface area contributed by atoms with Gasteiger partial charge in [0.05, 0.1) is 0 Å². The van der Waals surface area contributed by atoms with Gasteiger partial charge in [-0.05, 0) is 24.5 Å². The smallest absolute Gasteiger partial charge is 0.122 e. The van der Waals surface area contributed by atoms with Crippen LogP contribution in [0.1, 0.15) is 19.8 Å². The summed E-state index contributed by atoms with van der Waals surface area (Å²) in [5, 5.41) is 0. The Kier molecular flexibility index (Phi) is 4.55. The molecule has 0 spiro atoms. The minimum Gasteiger partial charge on any atom is -0.207 e. The SMILES string of the molecule is C=CC/C=C(/F)C(=C)CC. The monoisotopic (exact) mass is 140 g/mol. The Balaban J connectivity index is 3.91. The maximum absolute atomic E-state index is 12.7. The average Bonchev–Trinajstić information content (AvgIpc) is 1.98. The third-order valence-corrected chi connectivity index (χ3v) is 1.23. The summed E-state index contributed by atoms with van der Waals surface area (Å²) in [6, 6.07) is 0. The van der Waals surface area contributed by atoms with E-state index in [0.717, 1.165) is 0 Å². The van der Waals surface area contributed by atoms with Crippen LogP contribution in [0.15, 0.2) is 36.7 Å². The van der Waals surface area contributed by atoms with Gasteiger partial charge in [-0.15, -0.1) is 6.58 Å². The molecule has 1 heteroatoms. The van der Waals surface area contributed by atoms with Gasteiger partial charge in [0.2, 0.25) is 0 Å². The maximum atomic E-state index is 12.7. The highest BCUT2D eigenvalue weighted by Crippen LogP contribution is 2.12. The summed E-state index contributed by atoms with van der Waals surface area (Å²) >= 11 is 0. The van der Waals surface area contributed by atoms with E-state index in [9.17, 15) is 4.39 Å². The lowest BCUT2D eigenvalue weighted by atomic mass is 10.2. The lowest BCUT2D eigenvalue weighted by Crippen LogP contribution is -1.77. The highest BCUT2D eigenvalue weighted by atomic mass is 19.1. The van der Waals surface area contributed by atoms with Crippen molar-refractivity contribution in [2.75, 3.05) is 0 Å². The molecule has 0 N–H and O–H groups in total. The van der Waals surface area contributed by atoms with Gasteiger partial charge >= 0.3 is 0 Å². The van der Waals surface area contributed by atoms with E-state index >= 15 is 0 Å². The van der Waals surface area contributed by atoms with Gasteiger partial charge in [-0.2, -0.15) is 0 Å². The van der Waals surface area contributed by atoms with Crippen molar-refractivity contribution in [3.63, 3.8) is 0 Å². The topological polar surface area (TPSA) is 0 Å². The predicted molar refractivity (Wildman–Crippen MR) is 43.4 cm³/mol. The first kappa shape index (κ1) is 9.15. The quantitative estimate of drug-likeness (QED) is 0.415. The summed E-state index contributed by atoms with van der Waals surface area (Å²) in [6.45, 7) is 8.90. The van der Waals surface area contributed by atoms with Gasteiger partial charge < -0.3 is 0 Å². The lowest BCUT2D eigenvalue weighted by Gasteiger charge is -1.95. The van der Waals surface area contributed by atoms with Crippen molar-refractivity contribution in [1.29, 1.82) is 0 Å². The Morgan fingerprint density at radius 1 is 1.60 bits per heavy atom. The van der Waals surface area contributed by atoms with Crippen LogP contribution < -0.4 is 0 Å². The maximum Gasteiger partial charge on any atom is 0.122 e. The molecule has 0 aliphatic heterocycles. The van der Waals surface area contributed by atoms with Crippen LogP contribution in [0.25, 0.3) is 0 Å². The average molecular weight is 140 g/mol. The molecule has 0 aromatic rings. The Morgan fingerprint density at radius 2 is 2.20 bits per heavy atom. The van der Waals surface area contributed by atoms with Crippen molar-refractivity contribution >= 4 is 0 Å². The van der Waals surface area contributed by atoms with E-state index in [0.29, 0.717) is 18.4 Å². The Labute approximate surface area is 61.8 Å². The fraction of sp³-hybridized carbons (Fsp3) is 0.333. The number of allylic oxidation sites excluding steroid dienone is 4. The Bertz CT molecular complexity index is 154. The molecule has 0 aliphatic carbocycles. The number of hydrogen-bond donors (Lipinski definition) is 0. The van der Waals surface area contributed by atoms with E-state index in [1.807, 2.05) is 6.92 Å². The number of hydrogen-bond acceptors (Lipinski definition) is 0. The summed E-state index contributed by atoms with van der Waals surface area (Å²) in [7, 11) is 0. The highest BCUT2D eigenvalue weighted by molar-refractivity contribution is 5.21. The second-order valence-corrected chi connectivity index (χ2v) is 2.03. The van der Waals surface area contributed by atoms with Crippen molar-refractivity contribution in [3.8, 4) is 0 Å². The summed E-state index contributed by atoms with van der Waals surface area (Å²) in [6.07, 6.45) is 4.38. The summed E-state index contributed by atoms with van der Waals surface area (Å²) in [4.78, 5) is 0. The van der Waals surface area contributed by atoms with Gasteiger partial charge in [0.1, 0.15) is 5.83 Å². The van der Waals surface area contributed by atoms with Crippen molar-refractivity contribution in [2.24, 2.45) is 0 Å². The molecule has 0 saturated carbocycles. The second-order valence-electron chi connectivity index (χ2n) is 2.03. The highest BCUT2D eigenvalue weighted by Gasteiger charge is 1.95. The molecule has 10 heavy (non-hydrogen) atoms. The molecule has 0 aromatic heterocycles. The van der Waals surface area contributed by atoms with Crippen LogP contribution in [0.3, 0.4) is 0 Å². The fourth-order valence-electron chi connectivity index (χ4n) is 0.500. The predicted octanol–water partition coefficient (Wildman–Crippen LogP) is 3.38. The Morgan fingerprint density at radius 3 is 2.60 bits per heavy atom. The standard InChI is InChI=1S/C9H13F/c1-4-6-7-9(10)8(3)5-2/h4,7H,1,3,5-6H2,2H3/b9-7+. The third kappa shape index (κ3) is 3.23. The first-order valence-electron chi connectivity index (χ1n) is 3.37. The largest absolute Gasteiger partial charge is 0.207 e. The molecule has 0 bridgehead atoms. The zero-order valence-electron chi connectivity index (χ0n) is 6.36. The zero-order chi connectivity index (χ0) is 7.98. The third-order valence-electron chi connectivity index (χ3n) is 1.23. The lowest BCUT2D eigenvalue weighted by molar-refractivity contribution is 0.640. The fourth-order valence-corrected chi connectivity index (χ4v) is 0.500. The molecule has 0 amide bonds. The van der Waals surface area contributed by atoms with Gasteiger partial charge in [0, 0.05) is 0 Å². The van der Waals surface area contributed by atoms with Gasteiger partial charge in [0.25, 0.3) is 0 Å². The van der Waals surface area contributed by atoms with Gasteiger partial charge in [-0.25, -0.2) is 4.39 Å². The second kappa shape index (κ2) is 4.98. The minimum atomic E-state index is -0.206. The summed E-state index contributed by atoms with van der Waals surface area (Å²) in [5.41, 5.74) is 0.557. The molecule has 0 heterocycles. The van der Waals surface area contributed by atoms with Gasteiger partial charge in [0.15, 0.2) is 0 Å². The molecule has 56 valence electrons. The first-order valence-corrected chi connectivity index (χ1v) is 3.37. The normalized spacial score (nSPS) is 11.2. The molecule has 0 rings (SSSR count).